The molecule has 0 aromatic rings. The van der Waals surface area contributed by atoms with Crippen molar-refractivity contribution in [2.24, 2.45) is 5.41 Å². The van der Waals surface area contributed by atoms with Gasteiger partial charge in [0.2, 0.25) is 0 Å². The van der Waals surface area contributed by atoms with Gasteiger partial charge in [0, 0.05) is 5.33 Å². The van der Waals surface area contributed by atoms with Gasteiger partial charge >= 0.3 is 0 Å². The Morgan fingerprint density at radius 1 is 1.07 bits per heavy atom. The molecule has 1 saturated heterocycles. The molecule has 5 heteroatoms. The molecule has 1 aliphatic rings. The van der Waals surface area contributed by atoms with E-state index in [0.29, 0.717) is 5.33 Å². The molecular weight excluding hydrogens is 264 g/mol. The predicted octanol–water partition coefficient (Wildman–Crippen LogP) is 0.277. The molecule has 0 radical (unpaired) electrons. The van der Waals surface area contributed by atoms with E-state index in [4.69, 9.17) is 4.74 Å². The highest BCUT2D eigenvalue weighted by molar-refractivity contribution is 9.09. The second-order valence-corrected chi connectivity index (χ2v) is 5.73. The number of halogens is 1. The number of rotatable bonds is 1. The fourth-order valence-electron chi connectivity index (χ4n) is 1.79. The van der Waals surface area contributed by atoms with Gasteiger partial charge in [-0.3, -0.25) is 0 Å². The summed E-state index contributed by atoms with van der Waals surface area (Å²) in [5.41, 5.74) is -0.277. The lowest BCUT2D eigenvalue weighted by Crippen LogP contribution is -2.61. The summed E-state index contributed by atoms with van der Waals surface area (Å²) in [5.74, 6) is 0. The van der Waals surface area contributed by atoms with Crippen LogP contribution < -0.4 is 0 Å². The van der Waals surface area contributed by atoms with Gasteiger partial charge < -0.3 is 20.1 Å². The third-order valence-electron chi connectivity index (χ3n) is 2.72. The van der Waals surface area contributed by atoms with E-state index >= 15 is 0 Å². The third-order valence-corrected chi connectivity index (χ3v) is 3.36. The maximum absolute atomic E-state index is 9.81. The molecule has 0 aromatic heterocycles. The summed E-state index contributed by atoms with van der Waals surface area (Å²) in [4.78, 5) is 0. The number of aliphatic hydroxyl groups is 3. The first-order chi connectivity index (χ1) is 6.79. The van der Waals surface area contributed by atoms with Gasteiger partial charge in [0.25, 0.3) is 0 Å². The highest BCUT2D eigenvalue weighted by atomic mass is 79.9. The summed E-state index contributed by atoms with van der Waals surface area (Å²) < 4.78 is 5.59. The lowest BCUT2D eigenvalue weighted by atomic mass is 9.80. The van der Waals surface area contributed by atoms with Gasteiger partial charge in [-0.05, 0) is 5.41 Å². The van der Waals surface area contributed by atoms with Gasteiger partial charge in [0.05, 0.1) is 12.2 Å². The van der Waals surface area contributed by atoms with Crippen LogP contribution in [0.3, 0.4) is 0 Å². The van der Waals surface area contributed by atoms with E-state index in [-0.39, 0.29) is 5.41 Å². The average molecular weight is 283 g/mol. The van der Waals surface area contributed by atoms with Crippen LogP contribution >= 0.6 is 15.9 Å². The summed E-state index contributed by atoms with van der Waals surface area (Å²) in [7, 11) is 0. The molecule has 0 spiro atoms. The SMILES string of the molecule is CC(C)(C)[C@@H]1OC(CBr)[C@H](O)[C@H](O)C1O. The van der Waals surface area contributed by atoms with E-state index < -0.39 is 30.5 Å². The second kappa shape index (κ2) is 4.67. The van der Waals surface area contributed by atoms with Crippen molar-refractivity contribution in [3.8, 4) is 0 Å². The van der Waals surface area contributed by atoms with E-state index in [1.165, 1.54) is 0 Å². The monoisotopic (exact) mass is 282 g/mol. The summed E-state index contributed by atoms with van der Waals surface area (Å²) in [5, 5.41) is 29.5. The molecule has 0 aromatic carbocycles. The summed E-state index contributed by atoms with van der Waals surface area (Å²) in [6.45, 7) is 5.78. The molecule has 2 unspecified atom stereocenters. The molecule has 5 atom stereocenters. The molecular formula is C10H19BrO4. The Balaban J connectivity index is 2.83. The molecule has 0 amide bonds. The Kier molecular flexibility index (Phi) is 4.17. The van der Waals surface area contributed by atoms with Gasteiger partial charge in [0.1, 0.15) is 18.3 Å². The van der Waals surface area contributed by atoms with E-state index in [0.717, 1.165) is 0 Å². The zero-order chi connectivity index (χ0) is 11.8. The minimum atomic E-state index is -1.15. The van der Waals surface area contributed by atoms with Gasteiger partial charge in [-0.15, -0.1) is 0 Å². The van der Waals surface area contributed by atoms with Crippen LogP contribution in [0.5, 0.6) is 0 Å². The number of hydrogen-bond donors (Lipinski definition) is 3. The van der Waals surface area contributed by atoms with Crippen molar-refractivity contribution in [1.82, 2.24) is 0 Å². The largest absolute Gasteiger partial charge is 0.388 e. The first-order valence-corrected chi connectivity index (χ1v) is 6.16. The Bertz CT molecular complexity index is 214. The van der Waals surface area contributed by atoms with Crippen LogP contribution in [0.15, 0.2) is 0 Å². The topological polar surface area (TPSA) is 69.9 Å². The molecule has 90 valence electrons. The molecule has 1 heterocycles. The first kappa shape index (κ1) is 13.4. The quantitative estimate of drug-likeness (QED) is 0.604. The van der Waals surface area contributed by atoms with Crippen LogP contribution in [0.4, 0.5) is 0 Å². The van der Waals surface area contributed by atoms with Gasteiger partial charge in [-0.25, -0.2) is 0 Å². The molecule has 0 aliphatic carbocycles. The number of aliphatic hydroxyl groups excluding tert-OH is 3. The molecule has 15 heavy (non-hydrogen) atoms. The minimum Gasteiger partial charge on any atom is -0.388 e. The molecule has 3 N–H and O–H groups in total. The number of ether oxygens (including phenoxy) is 1. The van der Waals surface area contributed by atoms with Crippen molar-refractivity contribution in [1.29, 1.82) is 0 Å². The van der Waals surface area contributed by atoms with Gasteiger partial charge in [0.15, 0.2) is 0 Å². The fourth-order valence-corrected chi connectivity index (χ4v) is 2.33. The predicted molar refractivity (Wildman–Crippen MR) is 59.9 cm³/mol. The highest BCUT2D eigenvalue weighted by Gasteiger charge is 2.47. The van der Waals surface area contributed by atoms with Crippen molar-refractivity contribution in [3.63, 3.8) is 0 Å². The van der Waals surface area contributed by atoms with Crippen LogP contribution in [-0.2, 0) is 4.74 Å². The van der Waals surface area contributed by atoms with Crippen LogP contribution in [0, 0.1) is 5.41 Å². The van der Waals surface area contributed by atoms with E-state index in [1.807, 2.05) is 20.8 Å². The lowest BCUT2D eigenvalue weighted by Gasteiger charge is -2.45. The molecule has 4 nitrogen and oxygen atoms in total. The van der Waals surface area contributed by atoms with Crippen LogP contribution in [0.2, 0.25) is 0 Å². The second-order valence-electron chi connectivity index (χ2n) is 5.09. The molecule has 0 bridgehead atoms. The lowest BCUT2D eigenvalue weighted by molar-refractivity contribution is -0.238. The Hall–Kier alpha value is 0.320. The molecule has 0 saturated carbocycles. The molecule has 1 aliphatic heterocycles. The first-order valence-electron chi connectivity index (χ1n) is 5.04. The smallest absolute Gasteiger partial charge is 0.111 e. The zero-order valence-corrected chi connectivity index (χ0v) is 10.8. The van der Waals surface area contributed by atoms with Gasteiger partial charge in [-0.1, -0.05) is 36.7 Å². The minimum absolute atomic E-state index is 0.277. The number of alkyl halides is 1. The summed E-state index contributed by atoms with van der Waals surface area (Å²) >= 11 is 3.22. The maximum Gasteiger partial charge on any atom is 0.111 e. The maximum atomic E-state index is 9.81. The Morgan fingerprint density at radius 2 is 1.60 bits per heavy atom. The summed E-state index contributed by atoms with van der Waals surface area (Å²) in [6, 6.07) is 0. The van der Waals surface area contributed by atoms with E-state index in [2.05, 4.69) is 15.9 Å². The Morgan fingerprint density at radius 3 is 2.00 bits per heavy atom. The van der Waals surface area contributed by atoms with Gasteiger partial charge in [-0.2, -0.15) is 0 Å². The van der Waals surface area contributed by atoms with Crippen LogP contribution in [0.1, 0.15) is 20.8 Å². The highest BCUT2D eigenvalue weighted by Crippen LogP contribution is 2.33. The number of hydrogen-bond acceptors (Lipinski definition) is 4. The average Bonchev–Trinajstić information content (AvgIpc) is 2.13. The van der Waals surface area contributed by atoms with Crippen molar-refractivity contribution < 1.29 is 20.1 Å². The molecule has 1 fully saturated rings. The standard InChI is InChI=1S/C10H19BrO4/c1-10(2,3)9-8(14)7(13)6(12)5(4-11)15-9/h5-9,12-14H,4H2,1-3H3/t5?,6-,7-,8?,9+/m0/s1. The summed E-state index contributed by atoms with van der Waals surface area (Å²) in [6.07, 6.45) is -4.19. The van der Waals surface area contributed by atoms with Crippen molar-refractivity contribution in [2.75, 3.05) is 5.33 Å². The van der Waals surface area contributed by atoms with Crippen molar-refractivity contribution in [3.05, 3.63) is 0 Å². The normalized spacial score (nSPS) is 43.0. The van der Waals surface area contributed by atoms with Crippen LogP contribution in [0.25, 0.3) is 0 Å². The molecule has 1 rings (SSSR count). The van der Waals surface area contributed by atoms with E-state index in [1.54, 1.807) is 0 Å². The van der Waals surface area contributed by atoms with Crippen LogP contribution in [-0.4, -0.2) is 51.2 Å². The third kappa shape index (κ3) is 2.71. The van der Waals surface area contributed by atoms with E-state index in [9.17, 15) is 15.3 Å². The zero-order valence-electron chi connectivity index (χ0n) is 9.22. The Labute approximate surface area is 98.4 Å². The fraction of sp³-hybridized carbons (Fsp3) is 1.00. The van der Waals surface area contributed by atoms with Crippen molar-refractivity contribution >= 4 is 15.9 Å². The van der Waals surface area contributed by atoms with Crippen molar-refractivity contribution in [2.45, 2.75) is 51.3 Å².